The molecule has 88 valence electrons. The van der Waals surface area contributed by atoms with Gasteiger partial charge < -0.3 is 9.84 Å². The van der Waals surface area contributed by atoms with E-state index in [0.29, 0.717) is 10.0 Å². The number of ether oxygens (including phenoxy) is 1. The molecular weight excluding hydrogens is 289 g/mol. The smallest absolute Gasteiger partial charge is 0.219 e. The van der Waals surface area contributed by atoms with E-state index in [2.05, 4.69) is 20.9 Å². The Balaban J connectivity index is 2.25. The highest BCUT2D eigenvalue weighted by Crippen LogP contribution is 2.25. The minimum Gasteiger partial charge on any atom is -0.436 e. The molecular formula is C12H9BrFNO2. The van der Waals surface area contributed by atoms with Crippen LogP contribution in [0, 0.1) is 5.82 Å². The number of rotatable bonds is 3. The van der Waals surface area contributed by atoms with Crippen LogP contribution in [-0.2, 0) is 6.61 Å². The van der Waals surface area contributed by atoms with E-state index in [-0.39, 0.29) is 18.2 Å². The highest BCUT2D eigenvalue weighted by molar-refractivity contribution is 9.10. The molecule has 2 rings (SSSR count). The van der Waals surface area contributed by atoms with Gasteiger partial charge in [-0.05, 0) is 29.8 Å². The lowest BCUT2D eigenvalue weighted by molar-refractivity contribution is 0.281. The fraction of sp³-hybridized carbons (Fsp3) is 0.0833. The summed E-state index contributed by atoms with van der Waals surface area (Å²) in [5, 5.41) is 8.96. The van der Waals surface area contributed by atoms with E-state index >= 15 is 0 Å². The van der Waals surface area contributed by atoms with E-state index in [9.17, 15) is 4.39 Å². The van der Waals surface area contributed by atoms with Crippen molar-refractivity contribution >= 4 is 15.9 Å². The number of benzene rings is 1. The highest BCUT2D eigenvalue weighted by atomic mass is 79.9. The van der Waals surface area contributed by atoms with Crippen molar-refractivity contribution in [2.45, 2.75) is 6.61 Å². The third-order valence-electron chi connectivity index (χ3n) is 2.09. The monoisotopic (exact) mass is 297 g/mol. The van der Waals surface area contributed by atoms with Gasteiger partial charge in [0.2, 0.25) is 5.88 Å². The van der Waals surface area contributed by atoms with Crippen LogP contribution in [0.4, 0.5) is 4.39 Å². The first-order chi connectivity index (χ1) is 8.19. The lowest BCUT2D eigenvalue weighted by Gasteiger charge is -2.06. The van der Waals surface area contributed by atoms with Gasteiger partial charge in [0.1, 0.15) is 0 Å². The standard InChI is InChI=1S/C12H9BrFNO2/c13-9-1-2-11(10(14)6-9)17-12-5-8(7-16)3-4-15-12/h1-6,16H,7H2. The molecule has 1 heterocycles. The summed E-state index contributed by atoms with van der Waals surface area (Å²) in [5.41, 5.74) is 0.660. The van der Waals surface area contributed by atoms with E-state index in [1.165, 1.54) is 18.3 Å². The lowest BCUT2D eigenvalue weighted by atomic mass is 10.3. The van der Waals surface area contributed by atoms with Crippen molar-refractivity contribution in [3.8, 4) is 11.6 Å². The van der Waals surface area contributed by atoms with Crippen LogP contribution in [0.15, 0.2) is 41.0 Å². The fourth-order valence-electron chi connectivity index (χ4n) is 1.28. The Hall–Kier alpha value is -1.46. The molecule has 5 heteroatoms. The number of hydrogen-bond acceptors (Lipinski definition) is 3. The minimum absolute atomic E-state index is 0.0933. The van der Waals surface area contributed by atoms with E-state index in [0.717, 1.165) is 0 Å². The summed E-state index contributed by atoms with van der Waals surface area (Å²) in [6.45, 7) is -0.109. The van der Waals surface area contributed by atoms with Crippen LogP contribution >= 0.6 is 15.9 Å². The Kier molecular flexibility index (Phi) is 3.71. The van der Waals surface area contributed by atoms with Crippen LogP contribution in [0.5, 0.6) is 11.6 Å². The molecule has 0 saturated carbocycles. The number of pyridine rings is 1. The zero-order valence-corrected chi connectivity index (χ0v) is 10.3. The van der Waals surface area contributed by atoms with Gasteiger partial charge in [-0.1, -0.05) is 15.9 Å². The van der Waals surface area contributed by atoms with E-state index in [4.69, 9.17) is 9.84 Å². The number of hydrogen-bond donors (Lipinski definition) is 1. The SMILES string of the molecule is OCc1ccnc(Oc2ccc(Br)cc2F)c1. The largest absolute Gasteiger partial charge is 0.436 e. The summed E-state index contributed by atoms with van der Waals surface area (Å²) in [4.78, 5) is 3.93. The molecule has 17 heavy (non-hydrogen) atoms. The van der Waals surface area contributed by atoms with Crippen molar-refractivity contribution in [3.63, 3.8) is 0 Å². The number of aliphatic hydroxyl groups excluding tert-OH is 1. The van der Waals surface area contributed by atoms with Gasteiger partial charge in [0.25, 0.3) is 0 Å². The second-order valence-electron chi connectivity index (χ2n) is 3.34. The number of nitrogens with zero attached hydrogens (tertiary/aromatic N) is 1. The van der Waals surface area contributed by atoms with Crippen LogP contribution in [0.2, 0.25) is 0 Å². The quantitative estimate of drug-likeness (QED) is 0.945. The topological polar surface area (TPSA) is 42.4 Å². The van der Waals surface area contributed by atoms with E-state index in [1.54, 1.807) is 18.2 Å². The van der Waals surface area contributed by atoms with Crippen LogP contribution in [0.25, 0.3) is 0 Å². The van der Waals surface area contributed by atoms with Crippen LogP contribution in [0.1, 0.15) is 5.56 Å². The normalized spacial score (nSPS) is 10.3. The molecule has 2 aromatic rings. The predicted octanol–water partition coefficient (Wildman–Crippen LogP) is 3.27. The van der Waals surface area contributed by atoms with Crippen molar-refractivity contribution in [1.82, 2.24) is 4.98 Å². The van der Waals surface area contributed by atoms with Crippen LogP contribution < -0.4 is 4.74 Å². The number of halogens is 2. The van der Waals surface area contributed by atoms with Gasteiger partial charge in [-0.2, -0.15) is 0 Å². The molecule has 0 bridgehead atoms. The zero-order chi connectivity index (χ0) is 12.3. The molecule has 1 aromatic heterocycles. The summed E-state index contributed by atoms with van der Waals surface area (Å²) in [7, 11) is 0. The summed E-state index contributed by atoms with van der Waals surface area (Å²) in [6.07, 6.45) is 1.50. The van der Waals surface area contributed by atoms with Gasteiger partial charge in [0.05, 0.1) is 6.61 Å². The van der Waals surface area contributed by atoms with Crippen LogP contribution in [0.3, 0.4) is 0 Å². The molecule has 0 radical (unpaired) electrons. The van der Waals surface area contributed by atoms with E-state index in [1.807, 2.05) is 0 Å². The Labute approximate surface area is 106 Å². The van der Waals surface area contributed by atoms with Gasteiger partial charge >= 0.3 is 0 Å². The average Bonchev–Trinajstić information content (AvgIpc) is 2.33. The first-order valence-corrected chi connectivity index (χ1v) is 5.67. The molecule has 0 spiro atoms. The molecule has 0 unspecified atom stereocenters. The first-order valence-electron chi connectivity index (χ1n) is 4.88. The van der Waals surface area contributed by atoms with Gasteiger partial charge in [-0.3, -0.25) is 0 Å². The van der Waals surface area contributed by atoms with Crippen molar-refractivity contribution in [2.24, 2.45) is 0 Å². The van der Waals surface area contributed by atoms with Crippen molar-refractivity contribution in [1.29, 1.82) is 0 Å². The van der Waals surface area contributed by atoms with Crippen molar-refractivity contribution < 1.29 is 14.2 Å². The molecule has 0 aliphatic rings. The Morgan fingerprint density at radius 1 is 1.29 bits per heavy atom. The Morgan fingerprint density at radius 2 is 2.12 bits per heavy atom. The average molecular weight is 298 g/mol. The molecule has 0 saturated heterocycles. The van der Waals surface area contributed by atoms with Crippen molar-refractivity contribution in [2.75, 3.05) is 0 Å². The summed E-state index contributed by atoms with van der Waals surface area (Å²) in [5.74, 6) is -0.135. The summed E-state index contributed by atoms with van der Waals surface area (Å²) >= 11 is 3.16. The van der Waals surface area contributed by atoms with Crippen LogP contribution in [-0.4, -0.2) is 10.1 Å². The minimum atomic E-state index is -0.476. The van der Waals surface area contributed by atoms with Gasteiger partial charge in [0, 0.05) is 16.7 Å². The molecule has 0 fully saturated rings. The predicted molar refractivity (Wildman–Crippen MR) is 64.3 cm³/mol. The third kappa shape index (κ3) is 3.01. The molecule has 3 nitrogen and oxygen atoms in total. The van der Waals surface area contributed by atoms with Crippen molar-refractivity contribution in [3.05, 3.63) is 52.4 Å². The fourth-order valence-corrected chi connectivity index (χ4v) is 1.61. The summed E-state index contributed by atoms with van der Waals surface area (Å²) in [6, 6.07) is 7.71. The maximum Gasteiger partial charge on any atom is 0.219 e. The first kappa shape index (κ1) is 12.0. The maximum absolute atomic E-state index is 13.5. The van der Waals surface area contributed by atoms with E-state index < -0.39 is 5.82 Å². The molecule has 1 N–H and O–H groups in total. The van der Waals surface area contributed by atoms with Gasteiger partial charge in [-0.15, -0.1) is 0 Å². The second kappa shape index (κ2) is 5.25. The molecule has 0 aliphatic carbocycles. The number of aliphatic hydroxyl groups is 1. The Bertz CT molecular complexity index is 534. The molecule has 0 aliphatic heterocycles. The zero-order valence-electron chi connectivity index (χ0n) is 8.73. The second-order valence-corrected chi connectivity index (χ2v) is 4.25. The lowest BCUT2D eigenvalue weighted by Crippen LogP contribution is -1.92. The molecule has 0 amide bonds. The van der Waals surface area contributed by atoms with Gasteiger partial charge in [0.15, 0.2) is 11.6 Å². The third-order valence-corrected chi connectivity index (χ3v) is 2.58. The summed E-state index contributed by atoms with van der Waals surface area (Å²) < 4.78 is 19.4. The molecule has 0 atom stereocenters. The Morgan fingerprint density at radius 3 is 2.82 bits per heavy atom. The molecule has 1 aromatic carbocycles. The highest BCUT2D eigenvalue weighted by Gasteiger charge is 2.06. The maximum atomic E-state index is 13.5. The number of aromatic nitrogens is 1. The van der Waals surface area contributed by atoms with Gasteiger partial charge in [-0.25, -0.2) is 9.37 Å².